The summed E-state index contributed by atoms with van der Waals surface area (Å²) in [6.45, 7) is 3.23. The van der Waals surface area contributed by atoms with E-state index in [2.05, 4.69) is 34.2 Å². The molecule has 1 N–H and O–H groups in total. The van der Waals surface area contributed by atoms with Crippen molar-refractivity contribution in [3.63, 3.8) is 0 Å². The highest BCUT2D eigenvalue weighted by atomic mass is 79.9. The predicted molar refractivity (Wildman–Crippen MR) is 68.7 cm³/mol. The quantitative estimate of drug-likeness (QED) is 0.788. The zero-order chi connectivity index (χ0) is 11.1. The van der Waals surface area contributed by atoms with Gasteiger partial charge in [-0.25, -0.2) is 0 Å². The highest BCUT2D eigenvalue weighted by Gasteiger charge is 1.98. The summed E-state index contributed by atoms with van der Waals surface area (Å²) >= 11 is 3.46. The van der Waals surface area contributed by atoms with Crippen LogP contribution in [0.3, 0.4) is 0 Å². The van der Waals surface area contributed by atoms with Crippen molar-refractivity contribution in [1.29, 1.82) is 0 Å². The van der Waals surface area contributed by atoms with Gasteiger partial charge in [0.05, 0.1) is 7.11 Å². The fourth-order valence-electron chi connectivity index (χ4n) is 1.39. The number of hydrogen-bond acceptors (Lipinski definition) is 2. The zero-order valence-corrected chi connectivity index (χ0v) is 10.9. The van der Waals surface area contributed by atoms with Crippen molar-refractivity contribution in [2.24, 2.45) is 0 Å². The Morgan fingerprint density at radius 1 is 1.27 bits per heavy atom. The number of benzene rings is 1. The minimum atomic E-state index is 0.877. The molecule has 1 aromatic carbocycles. The summed E-state index contributed by atoms with van der Waals surface area (Å²) in [7, 11) is 1.68. The summed E-state index contributed by atoms with van der Waals surface area (Å²) in [5.74, 6) is 0.877. The molecular weight excluding hydrogens is 254 g/mol. The SMILES string of the molecule is CCCCCNc1cc(Br)cc(OC)c1. The predicted octanol–water partition coefficient (Wildman–Crippen LogP) is 4.06. The molecule has 0 aliphatic heterocycles. The first kappa shape index (κ1) is 12.4. The van der Waals surface area contributed by atoms with Crippen LogP contribution in [0.5, 0.6) is 5.75 Å². The molecule has 2 nitrogen and oxygen atoms in total. The number of anilines is 1. The van der Waals surface area contributed by atoms with Gasteiger partial charge in [-0.1, -0.05) is 35.7 Å². The molecular formula is C12H18BrNO. The van der Waals surface area contributed by atoms with Gasteiger partial charge in [0.25, 0.3) is 0 Å². The summed E-state index contributed by atoms with van der Waals surface area (Å²) < 4.78 is 6.23. The largest absolute Gasteiger partial charge is 0.497 e. The molecule has 84 valence electrons. The highest BCUT2D eigenvalue weighted by molar-refractivity contribution is 9.10. The second kappa shape index (κ2) is 6.72. The summed E-state index contributed by atoms with van der Waals surface area (Å²) in [5, 5.41) is 3.38. The third-order valence-corrected chi connectivity index (χ3v) is 2.67. The van der Waals surface area contributed by atoms with E-state index in [1.807, 2.05) is 12.1 Å². The Kier molecular flexibility index (Phi) is 5.54. The van der Waals surface area contributed by atoms with Gasteiger partial charge < -0.3 is 10.1 Å². The molecule has 15 heavy (non-hydrogen) atoms. The van der Waals surface area contributed by atoms with Gasteiger partial charge in [-0.05, 0) is 18.6 Å². The molecule has 0 heterocycles. The molecule has 0 spiro atoms. The van der Waals surface area contributed by atoms with Crippen molar-refractivity contribution in [2.75, 3.05) is 19.0 Å². The Morgan fingerprint density at radius 3 is 2.73 bits per heavy atom. The number of rotatable bonds is 6. The van der Waals surface area contributed by atoms with Crippen LogP contribution in [0.1, 0.15) is 26.2 Å². The first-order valence-corrected chi connectivity index (χ1v) is 6.14. The van der Waals surface area contributed by atoms with Crippen molar-refractivity contribution in [1.82, 2.24) is 0 Å². The van der Waals surface area contributed by atoms with E-state index in [0.29, 0.717) is 0 Å². The van der Waals surface area contributed by atoms with Crippen molar-refractivity contribution < 1.29 is 4.74 Å². The molecule has 0 saturated carbocycles. The smallest absolute Gasteiger partial charge is 0.122 e. The number of nitrogens with one attached hydrogen (secondary N) is 1. The van der Waals surface area contributed by atoms with Gasteiger partial charge in [-0.15, -0.1) is 0 Å². The number of halogens is 1. The van der Waals surface area contributed by atoms with Gasteiger partial charge >= 0.3 is 0 Å². The standard InChI is InChI=1S/C12H18BrNO/c1-3-4-5-6-14-11-7-10(13)8-12(9-11)15-2/h7-9,14H,3-6H2,1-2H3. The lowest BCUT2D eigenvalue weighted by atomic mass is 10.2. The molecule has 0 aromatic heterocycles. The molecule has 0 aliphatic rings. The summed E-state index contributed by atoms with van der Waals surface area (Å²) in [5.41, 5.74) is 1.11. The molecule has 0 bridgehead atoms. The van der Waals surface area contributed by atoms with Crippen molar-refractivity contribution in [3.8, 4) is 5.75 Å². The van der Waals surface area contributed by atoms with E-state index in [1.54, 1.807) is 7.11 Å². The molecule has 3 heteroatoms. The Bertz CT molecular complexity index is 302. The maximum absolute atomic E-state index is 5.19. The van der Waals surface area contributed by atoms with Crippen molar-refractivity contribution in [2.45, 2.75) is 26.2 Å². The van der Waals surface area contributed by atoms with Gasteiger partial charge in [0.2, 0.25) is 0 Å². The van der Waals surface area contributed by atoms with E-state index in [0.717, 1.165) is 22.5 Å². The second-order valence-electron chi connectivity index (χ2n) is 3.51. The third-order valence-electron chi connectivity index (χ3n) is 2.22. The fourth-order valence-corrected chi connectivity index (χ4v) is 1.86. The zero-order valence-electron chi connectivity index (χ0n) is 9.35. The Morgan fingerprint density at radius 2 is 2.07 bits per heavy atom. The van der Waals surface area contributed by atoms with E-state index in [9.17, 15) is 0 Å². The van der Waals surface area contributed by atoms with Crippen LogP contribution in [0.4, 0.5) is 5.69 Å². The van der Waals surface area contributed by atoms with Crippen LogP contribution in [0.25, 0.3) is 0 Å². The van der Waals surface area contributed by atoms with Crippen LogP contribution < -0.4 is 10.1 Å². The number of ether oxygens (including phenoxy) is 1. The number of unbranched alkanes of at least 4 members (excludes halogenated alkanes) is 2. The van der Waals surface area contributed by atoms with Gasteiger partial charge in [-0.2, -0.15) is 0 Å². The summed E-state index contributed by atoms with van der Waals surface area (Å²) in [6, 6.07) is 6.03. The summed E-state index contributed by atoms with van der Waals surface area (Å²) in [4.78, 5) is 0. The third kappa shape index (κ3) is 4.56. The minimum Gasteiger partial charge on any atom is -0.497 e. The average Bonchev–Trinajstić information content (AvgIpc) is 2.23. The normalized spacial score (nSPS) is 10.1. The molecule has 0 unspecified atom stereocenters. The monoisotopic (exact) mass is 271 g/mol. The van der Waals surface area contributed by atoms with Crippen LogP contribution in [0.15, 0.2) is 22.7 Å². The Hall–Kier alpha value is -0.700. The molecule has 0 radical (unpaired) electrons. The lowest BCUT2D eigenvalue weighted by molar-refractivity contribution is 0.414. The Labute approximate surface area is 100 Å². The molecule has 1 aromatic rings. The van der Waals surface area contributed by atoms with Crippen LogP contribution in [-0.4, -0.2) is 13.7 Å². The molecule has 0 atom stereocenters. The summed E-state index contributed by atoms with van der Waals surface area (Å²) in [6.07, 6.45) is 3.74. The molecule has 1 rings (SSSR count). The first-order valence-electron chi connectivity index (χ1n) is 5.34. The average molecular weight is 272 g/mol. The van der Waals surface area contributed by atoms with Crippen LogP contribution >= 0.6 is 15.9 Å². The van der Waals surface area contributed by atoms with Crippen molar-refractivity contribution >= 4 is 21.6 Å². The maximum Gasteiger partial charge on any atom is 0.122 e. The topological polar surface area (TPSA) is 21.3 Å². The maximum atomic E-state index is 5.19. The van der Waals surface area contributed by atoms with Gasteiger partial charge in [0, 0.05) is 22.8 Å². The molecule has 0 fully saturated rings. The highest BCUT2D eigenvalue weighted by Crippen LogP contribution is 2.24. The minimum absolute atomic E-state index is 0.877. The number of methoxy groups -OCH3 is 1. The van der Waals surface area contributed by atoms with Gasteiger partial charge in [0.15, 0.2) is 0 Å². The molecule has 0 saturated heterocycles. The van der Waals surface area contributed by atoms with Crippen molar-refractivity contribution in [3.05, 3.63) is 22.7 Å². The van der Waals surface area contributed by atoms with E-state index >= 15 is 0 Å². The van der Waals surface area contributed by atoms with Crippen LogP contribution in [0.2, 0.25) is 0 Å². The van der Waals surface area contributed by atoms with E-state index in [1.165, 1.54) is 19.3 Å². The lowest BCUT2D eigenvalue weighted by Gasteiger charge is -2.08. The molecule has 0 aliphatic carbocycles. The second-order valence-corrected chi connectivity index (χ2v) is 4.43. The van der Waals surface area contributed by atoms with E-state index in [-0.39, 0.29) is 0 Å². The van der Waals surface area contributed by atoms with E-state index in [4.69, 9.17) is 4.74 Å². The lowest BCUT2D eigenvalue weighted by Crippen LogP contribution is -2.01. The van der Waals surface area contributed by atoms with Crippen LogP contribution in [-0.2, 0) is 0 Å². The fraction of sp³-hybridized carbons (Fsp3) is 0.500. The first-order chi connectivity index (χ1) is 7.26. The van der Waals surface area contributed by atoms with Crippen LogP contribution in [0, 0.1) is 0 Å². The van der Waals surface area contributed by atoms with Gasteiger partial charge in [0.1, 0.15) is 5.75 Å². The van der Waals surface area contributed by atoms with E-state index < -0.39 is 0 Å². The number of hydrogen-bond donors (Lipinski definition) is 1. The molecule has 0 amide bonds. The Balaban J connectivity index is 2.49. The van der Waals surface area contributed by atoms with Gasteiger partial charge in [-0.3, -0.25) is 0 Å².